The minimum Gasteiger partial charge on any atom is -0.390 e. The summed E-state index contributed by atoms with van der Waals surface area (Å²) in [5, 5.41) is 9.46. The van der Waals surface area contributed by atoms with Crippen LogP contribution in [0, 0.1) is 6.92 Å². The molecule has 1 aromatic carbocycles. The van der Waals surface area contributed by atoms with Gasteiger partial charge in [0.25, 0.3) is 0 Å². The average Bonchev–Trinajstić information content (AvgIpc) is 3.61. The Bertz CT molecular complexity index is 1100. The molecule has 172 valence electrons. The van der Waals surface area contributed by atoms with Gasteiger partial charge in [0, 0.05) is 56.9 Å². The highest BCUT2D eigenvalue weighted by atomic mass is 16.6. The van der Waals surface area contributed by atoms with Crippen molar-refractivity contribution in [2.24, 2.45) is 5.16 Å². The van der Waals surface area contributed by atoms with E-state index in [9.17, 15) is 4.79 Å². The normalized spacial score (nSPS) is 18.8. The second-order valence-electron chi connectivity index (χ2n) is 8.42. The minimum absolute atomic E-state index is 0.0168. The van der Waals surface area contributed by atoms with Crippen LogP contribution >= 0.6 is 0 Å². The molecule has 2 aliphatic rings. The summed E-state index contributed by atoms with van der Waals surface area (Å²) in [5.41, 5.74) is 3.96. The number of carbonyl (C=O) groups excluding carboxylic acids is 1. The third kappa shape index (κ3) is 5.06. The van der Waals surface area contributed by atoms with Gasteiger partial charge >= 0.3 is 0 Å². The van der Waals surface area contributed by atoms with Crippen LogP contribution in [0.25, 0.3) is 5.69 Å². The van der Waals surface area contributed by atoms with Crippen molar-refractivity contribution in [2.45, 2.75) is 19.4 Å². The highest BCUT2D eigenvalue weighted by Crippen LogP contribution is 2.18. The van der Waals surface area contributed by atoms with Gasteiger partial charge in [-0.25, -0.2) is 9.97 Å². The number of piperazine rings is 1. The topological polar surface area (TPSA) is 92.8 Å². The molecule has 0 spiro atoms. The number of aryl methyl sites for hydroxylation is 1. The van der Waals surface area contributed by atoms with Crippen LogP contribution in [0.5, 0.6) is 0 Å². The Morgan fingerprint density at radius 1 is 1.15 bits per heavy atom. The fourth-order valence-corrected chi connectivity index (χ4v) is 4.13. The van der Waals surface area contributed by atoms with Gasteiger partial charge in [0.1, 0.15) is 12.4 Å². The average molecular weight is 449 g/mol. The number of nitrogens with one attached hydrogen (secondary N) is 1. The molecule has 0 saturated carbocycles. The highest BCUT2D eigenvalue weighted by Gasteiger charge is 2.24. The van der Waals surface area contributed by atoms with Crippen molar-refractivity contribution in [3.63, 3.8) is 0 Å². The molecular weight excluding hydrogens is 420 g/mol. The molecular formula is C23H28N8O2. The molecule has 1 fully saturated rings. The van der Waals surface area contributed by atoms with E-state index in [0.29, 0.717) is 19.5 Å². The van der Waals surface area contributed by atoms with Gasteiger partial charge in [-0.2, -0.15) is 0 Å². The zero-order valence-corrected chi connectivity index (χ0v) is 18.7. The van der Waals surface area contributed by atoms with Crippen LogP contribution in [0.1, 0.15) is 17.7 Å². The molecule has 0 aliphatic carbocycles. The number of nitrogens with zero attached hydrogens (tertiary/aromatic N) is 7. The predicted octanol–water partition coefficient (Wildman–Crippen LogP) is 0.940. The van der Waals surface area contributed by atoms with Crippen LogP contribution in [0.3, 0.4) is 0 Å². The van der Waals surface area contributed by atoms with Gasteiger partial charge < -0.3 is 19.7 Å². The Hall–Kier alpha value is -3.66. The second-order valence-corrected chi connectivity index (χ2v) is 8.42. The van der Waals surface area contributed by atoms with Crippen molar-refractivity contribution in [1.82, 2.24) is 29.4 Å². The molecule has 10 heteroatoms. The van der Waals surface area contributed by atoms with Crippen LogP contribution in [-0.4, -0.2) is 81.1 Å². The van der Waals surface area contributed by atoms with Crippen LogP contribution in [-0.2, 0) is 9.63 Å². The molecule has 33 heavy (non-hydrogen) atoms. The van der Waals surface area contributed by atoms with Crippen molar-refractivity contribution < 1.29 is 9.63 Å². The van der Waals surface area contributed by atoms with Gasteiger partial charge in [0.2, 0.25) is 5.91 Å². The van der Waals surface area contributed by atoms with Gasteiger partial charge in [-0.1, -0.05) is 17.3 Å². The van der Waals surface area contributed by atoms with Crippen LogP contribution in [0.15, 0.2) is 60.7 Å². The lowest BCUT2D eigenvalue weighted by atomic mass is 10.0. The summed E-state index contributed by atoms with van der Waals surface area (Å²) in [7, 11) is 0. The van der Waals surface area contributed by atoms with Crippen molar-refractivity contribution in [2.75, 3.05) is 44.3 Å². The first-order valence-corrected chi connectivity index (χ1v) is 11.2. The first-order valence-electron chi connectivity index (χ1n) is 11.2. The van der Waals surface area contributed by atoms with Gasteiger partial charge in [-0.05, 0) is 24.6 Å². The maximum absolute atomic E-state index is 12.4. The van der Waals surface area contributed by atoms with Gasteiger partial charge in [-0.3, -0.25) is 14.4 Å². The second kappa shape index (κ2) is 9.45. The fourth-order valence-electron chi connectivity index (χ4n) is 4.13. The molecule has 1 amide bonds. The SMILES string of the molecule is Cc1cn(-c2ccc(C3=NOC(CNC(=O)CN4CCN(n5ccnc5)CC4)C3)cc2)cn1. The lowest BCUT2D eigenvalue weighted by molar-refractivity contribution is -0.122. The van der Waals surface area contributed by atoms with E-state index in [0.717, 1.165) is 48.8 Å². The molecule has 5 rings (SSSR count). The Kier molecular flexibility index (Phi) is 6.07. The van der Waals surface area contributed by atoms with Crippen molar-refractivity contribution in [3.05, 3.63) is 66.8 Å². The molecule has 1 atom stereocenters. The number of oxime groups is 1. The van der Waals surface area contributed by atoms with E-state index >= 15 is 0 Å². The van der Waals surface area contributed by atoms with E-state index in [-0.39, 0.29) is 12.0 Å². The lowest BCUT2D eigenvalue weighted by Crippen LogP contribution is -2.53. The standard InChI is InChI=1S/C23H28N8O2/c1-18-14-29(17-26-18)20-4-2-19(3-5-20)22-12-21(33-27-22)13-25-23(32)15-28-8-10-30(11-9-28)31-7-6-24-16-31/h2-7,14,16-17,21H,8-13,15H2,1H3,(H,25,32). The molecule has 2 aliphatic heterocycles. The Morgan fingerprint density at radius 2 is 1.97 bits per heavy atom. The quantitative estimate of drug-likeness (QED) is 0.578. The van der Waals surface area contributed by atoms with Gasteiger partial charge in [0.05, 0.1) is 30.8 Å². The highest BCUT2D eigenvalue weighted by molar-refractivity contribution is 6.01. The molecule has 1 N–H and O–H groups in total. The van der Waals surface area contributed by atoms with E-state index in [2.05, 4.69) is 30.3 Å². The third-order valence-corrected chi connectivity index (χ3v) is 6.00. The zero-order valence-electron chi connectivity index (χ0n) is 18.7. The molecule has 0 radical (unpaired) electrons. The summed E-state index contributed by atoms with van der Waals surface area (Å²) in [5.74, 6) is 0.0168. The number of hydrogen-bond acceptors (Lipinski definition) is 7. The number of carbonyl (C=O) groups is 1. The summed E-state index contributed by atoms with van der Waals surface area (Å²) >= 11 is 0. The molecule has 1 unspecified atom stereocenters. The monoisotopic (exact) mass is 448 g/mol. The number of benzene rings is 1. The van der Waals surface area contributed by atoms with E-state index in [1.807, 2.05) is 52.8 Å². The molecule has 10 nitrogen and oxygen atoms in total. The number of imidazole rings is 2. The van der Waals surface area contributed by atoms with E-state index < -0.39 is 0 Å². The number of amides is 1. The van der Waals surface area contributed by atoms with Crippen molar-refractivity contribution >= 4 is 11.6 Å². The van der Waals surface area contributed by atoms with Gasteiger partial charge in [0.15, 0.2) is 0 Å². The summed E-state index contributed by atoms with van der Waals surface area (Å²) in [6.45, 7) is 6.23. The van der Waals surface area contributed by atoms with Crippen molar-refractivity contribution in [1.29, 1.82) is 0 Å². The Labute approximate surface area is 192 Å². The summed E-state index contributed by atoms with van der Waals surface area (Å²) < 4.78 is 3.99. The molecule has 2 aromatic heterocycles. The van der Waals surface area contributed by atoms with Crippen molar-refractivity contribution in [3.8, 4) is 5.69 Å². The smallest absolute Gasteiger partial charge is 0.234 e. The van der Waals surface area contributed by atoms with Gasteiger partial charge in [-0.15, -0.1) is 0 Å². The lowest BCUT2D eigenvalue weighted by Gasteiger charge is -2.35. The Balaban J connectivity index is 1.04. The van der Waals surface area contributed by atoms with E-state index in [1.54, 1.807) is 18.9 Å². The number of aromatic nitrogens is 4. The minimum atomic E-state index is -0.141. The largest absolute Gasteiger partial charge is 0.390 e. The third-order valence-electron chi connectivity index (χ3n) is 6.00. The Morgan fingerprint density at radius 3 is 2.67 bits per heavy atom. The maximum Gasteiger partial charge on any atom is 0.234 e. The molecule has 4 heterocycles. The van der Waals surface area contributed by atoms with Crippen LogP contribution in [0.2, 0.25) is 0 Å². The fraction of sp³-hybridized carbons (Fsp3) is 0.391. The maximum atomic E-state index is 12.4. The molecule has 0 bridgehead atoms. The molecule has 1 saturated heterocycles. The predicted molar refractivity (Wildman–Crippen MR) is 124 cm³/mol. The van der Waals surface area contributed by atoms with Crippen LogP contribution in [0.4, 0.5) is 0 Å². The van der Waals surface area contributed by atoms with E-state index in [4.69, 9.17) is 4.84 Å². The molecule has 3 aromatic rings. The summed E-state index contributed by atoms with van der Waals surface area (Å²) in [6, 6.07) is 8.16. The number of hydrogen-bond donors (Lipinski definition) is 1. The van der Waals surface area contributed by atoms with Crippen LogP contribution < -0.4 is 10.3 Å². The zero-order chi connectivity index (χ0) is 22.6. The number of rotatable bonds is 7. The first-order chi connectivity index (χ1) is 16.1. The van der Waals surface area contributed by atoms with E-state index in [1.165, 1.54) is 0 Å². The summed E-state index contributed by atoms with van der Waals surface area (Å²) in [6.07, 6.45) is 9.84. The summed E-state index contributed by atoms with van der Waals surface area (Å²) in [4.78, 5) is 28.5. The first kappa shape index (κ1) is 21.2.